The van der Waals surface area contributed by atoms with Gasteiger partial charge in [-0.05, 0) is 53.2 Å². The average Bonchev–Trinajstić information content (AvgIpc) is 2.46. The van der Waals surface area contributed by atoms with Crippen LogP contribution in [0.4, 0.5) is 0 Å². The van der Waals surface area contributed by atoms with Gasteiger partial charge in [0, 0.05) is 32.1 Å². The second-order valence-electron chi connectivity index (χ2n) is 3.76. The summed E-state index contributed by atoms with van der Waals surface area (Å²) in [5, 5.41) is 0. The van der Waals surface area contributed by atoms with Gasteiger partial charge in [0.25, 0.3) is 6.85 Å². The second-order valence-corrected chi connectivity index (χ2v) is 7.11. The van der Waals surface area contributed by atoms with E-state index >= 15 is 0 Å². The first-order valence-corrected chi connectivity index (χ1v) is 10.3. The van der Waals surface area contributed by atoms with E-state index in [-0.39, 0.29) is 25.9 Å². The van der Waals surface area contributed by atoms with Crippen LogP contribution in [0.5, 0.6) is 5.75 Å². The predicted octanol–water partition coefficient (Wildman–Crippen LogP) is 6.08. The van der Waals surface area contributed by atoms with Crippen LogP contribution in [0.2, 0.25) is 0 Å². The first kappa shape index (κ1) is 24.0. The number of Topliss-reactive ketones (excluding diaryl/α,β-unsaturated/α-hetero) is 1. The van der Waals surface area contributed by atoms with Crippen molar-refractivity contribution in [2.45, 2.75) is 39.5 Å². The number of unbranched alkanes of at least 4 members (excludes halogenated alkanes) is 2. The van der Waals surface area contributed by atoms with Gasteiger partial charge in [-0.15, -0.1) is 0 Å². The van der Waals surface area contributed by atoms with Crippen molar-refractivity contribution in [2.24, 2.45) is 0 Å². The fourth-order valence-corrected chi connectivity index (χ4v) is 2.45. The Kier molecular flexibility index (Phi) is 17.8. The summed E-state index contributed by atoms with van der Waals surface area (Å²) in [6, 6.07) is 6.88. The van der Waals surface area contributed by atoms with Crippen molar-refractivity contribution in [1.29, 1.82) is 0 Å². The summed E-state index contributed by atoms with van der Waals surface area (Å²) in [4.78, 5) is 11.8. The number of rotatable bonds is 8. The van der Waals surface area contributed by atoms with E-state index in [0.717, 1.165) is 25.0 Å². The van der Waals surface area contributed by atoms with Gasteiger partial charge in [0.05, 0.1) is 0 Å². The Hall–Kier alpha value is 0.699. The van der Waals surface area contributed by atoms with Gasteiger partial charge >= 0.3 is 0 Å². The van der Waals surface area contributed by atoms with Crippen molar-refractivity contribution < 1.29 is 29.4 Å². The maximum atomic E-state index is 11.8. The first-order valence-electron chi connectivity index (χ1n) is 6.64. The fraction of sp³-hybridized carbons (Fsp3) is 0.500. The zero-order valence-corrected chi connectivity index (χ0v) is 17.7. The van der Waals surface area contributed by atoms with Crippen molar-refractivity contribution in [3.8, 4) is 5.75 Å². The monoisotopic (exact) mass is 546 g/mol. The molecule has 0 spiro atoms. The molecule has 0 saturated carbocycles. The van der Waals surface area contributed by atoms with Crippen molar-refractivity contribution in [1.82, 2.24) is 0 Å². The standard InChI is InChI=1S/C12H15Cl2O2PS.C2H6.Ir/c13-17(14)16-11-7-5-10(6-8-11)12(15)4-2-1-3-9-18;1-2;/h5-8,18H,1-4,9H2;1-2H3;/p-1. The summed E-state index contributed by atoms with van der Waals surface area (Å²) >= 11 is 15.9. The summed E-state index contributed by atoms with van der Waals surface area (Å²) in [5.74, 6) is 1.48. The molecule has 1 rings (SSSR count). The number of halogens is 2. The van der Waals surface area contributed by atoms with E-state index in [1.807, 2.05) is 13.8 Å². The Morgan fingerprint density at radius 1 is 1.14 bits per heavy atom. The van der Waals surface area contributed by atoms with Gasteiger partial charge in [0.15, 0.2) is 5.78 Å². The largest absolute Gasteiger partial charge is 0.793 e. The summed E-state index contributed by atoms with van der Waals surface area (Å²) in [6.07, 6.45) is 3.47. The normalized spacial score (nSPS) is 9.43. The van der Waals surface area contributed by atoms with Crippen LogP contribution in [0.15, 0.2) is 24.3 Å². The molecule has 7 heteroatoms. The van der Waals surface area contributed by atoms with Crippen LogP contribution in [0, 0.1) is 0 Å². The molecule has 0 aliphatic carbocycles. The molecule has 0 heterocycles. The van der Waals surface area contributed by atoms with E-state index in [2.05, 4.69) is 0 Å². The first-order chi connectivity index (χ1) is 9.63. The average molecular weight is 546 g/mol. The maximum Gasteiger partial charge on any atom is 0.284 e. The summed E-state index contributed by atoms with van der Waals surface area (Å²) in [5.41, 5.74) is 0.689. The van der Waals surface area contributed by atoms with Gasteiger partial charge < -0.3 is 17.2 Å². The quantitative estimate of drug-likeness (QED) is 0.171. The van der Waals surface area contributed by atoms with Crippen molar-refractivity contribution >= 4 is 47.7 Å². The van der Waals surface area contributed by atoms with Gasteiger partial charge in [-0.2, -0.15) is 5.75 Å². The molecule has 0 aliphatic rings. The van der Waals surface area contributed by atoms with Gasteiger partial charge in [0.1, 0.15) is 5.75 Å². The van der Waals surface area contributed by atoms with Crippen LogP contribution >= 0.6 is 29.3 Å². The molecule has 0 amide bonds. The molecule has 0 saturated heterocycles. The number of benzene rings is 1. The Labute approximate surface area is 157 Å². The Morgan fingerprint density at radius 3 is 2.19 bits per heavy atom. The van der Waals surface area contributed by atoms with Crippen molar-refractivity contribution in [2.75, 3.05) is 5.75 Å². The molecule has 1 radical (unpaired) electrons. The topological polar surface area (TPSA) is 26.3 Å². The van der Waals surface area contributed by atoms with Gasteiger partial charge in [-0.1, -0.05) is 26.7 Å². The number of hydrogen-bond donors (Lipinski definition) is 0. The minimum Gasteiger partial charge on any atom is -0.793 e. The minimum atomic E-state index is -1.47. The smallest absolute Gasteiger partial charge is 0.284 e. The molecule has 0 N–H and O–H groups in total. The van der Waals surface area contributed by atoms with Crippen molar-refractivity contribution in [3.05, 3.63) is 29.8 Å². The van der Waals surface area contributed by atoms with Gasteiger partial charge in [-0.3, -0.25) is 4.79 Å². The van der Waals surface area contributed by atoms with Crippen molar-refractivity contribution in [3.63, 3.8) is 0 Å². The Morgan fingerprint density at radius 2 is 1.71 bits per heavy atom. The number of carbonyl (C=O) groups excluding carboxylic acids is 1. The predicted molar refractivity (Wildman–Crippen MR) is 92.1 cm³/mol. The molecule has 0 aliphatic heterocycles. The fourth-order valence-electron chi connectivity index (χ4n) is 1.49. The third kappa shape index (κ3) is 11.9. The molecule has 0 bridgehead atoms. The van der Waals surface area contributed by atoms with Crippen LogP contribution in [0.25, 0.3) is 0 Å². The molecule has 0 atom stereocenters. The molecule has 2 nitrogen and oxygen atoms in total. The summed E-state index contributed by atoms with van der Waals surface area (Å²) < 4.78 is 5.13. The van der Waals surface area contributed by atoms with Gasteiger partial charge in [-0.25, -0.2) is 0 Å². The van der Waals surface area contributed by atoms with E-state index in [0.29, 0.717) is 17.7 Å². The minimum absolute atomic E-state index is 0. The zero-order chi connectivity index (χ0) is 15.4. The third-order valence-electron chi connectivity index (χ3n) is 2.40. The molecule has 21 heavy (non-hydrogen) atoms. The molecule has 0 unspecified atom stereocenters. The number of ketones is 1. The van der Waals surface area contributed by atoms with Crippen LogP contribution in [0.3, 0.4) is 0 Å². The SMILES string of the molecule is CC.O=C(CCCCC[S-])c1ccc(OP(Cl)Cl)cc1.[Ir]. The van der Waals surface area contributed by atoms with E-state index in [4.69, 9.17) is 39.6 Å². The van der Waals surface area contributed by atoms with Crippen LogP contribution < -0.4 is 4.52 Å². The summed E-state index contributed by atoms with van der Waals surface area (Å²) in [6.45, 7) is 2.53. The second kappa shape index (κ2) is 15.6. The molecular formula is C14H20Cl2IrO2PS-. The number of hydrogen-bond acceptors (Lipinski definition) is 3. The summed E-state index contributed by atoms with van der Waals surface area (Å²) in [7, 11) is 0. The van der Waals surface area contributed by atoms with Crippen LogP contribution in [0.1, 0.15) is 49.9 Å². The zero-order valence-electron chi connectivity index (χ0n) is 12.1. The third-order valence-corrected chi connectivity index (χ3v) is 3.45. The molecule has 123 valence electrons. The van der Waals surface area contributed by atoms with E-state index in [9.17, 15) is 4.79 Å². The van der Waals surface area contributed by atoms with E-state index in [1.165, 1.54) is 0 Å². The van der Waals surface area contributed by atoms with Crippen LogP contribution in [-0.2, 0) is 32.7 Å². The van der Waals surface area contributed by atoms with Crippen LogP contribution in [-0.4, -0.2) is 11.5 Å². The molecular weight excluding hydrogens is 526 g/mol. The molecule has 0 fully saturated rings. The Bertz CT molecular complexity index is 378. The van der Waals surface area contributed by atoms with E-state index < -0.39 is 6.85 Å². The molecule has 1 aromatic carbocycles. The van der Waals surface area contributed by atoms with E-state index in [1.54, 1.807) is 24.3 Å². The number of carbonyl (C=O) groups is 1. The maximum absolute atomic E-state index is 11.8. The van der Waals surface area contributed by atoms with Gasteiger partial charge in [0.2, 0.25) is 0 Å². The molecule has 0 aromatic heterocycles. The Balaban J connectivity index is 0. The molecule has 1 aromatic rings.